The molecule has 0 spiro atoms. The molecular weight excluding hydrogens is 332 g/mol. The quantitative estimate of drug-likeness (QED) is 0.860. The second kappa shape index (κ2) is 8.49. The van der Waals surface area contributed by atoms with Gasteiger partial charge in [0.25, 0.3) is 5.91 Å². The van der Waals surface area contributed by atoms with Gasteiger partial charge in [0.1, 0.15) is 12.4 Å². The average molecular weight is 354 g/mol. The van der Waals surface area contributed by atoms with Crippen molar-refractivity contribution in [3.8, 4) is 5.75 Å². The van der Waals surface area contributed by atoms with E-state index < -0.39 is 5.97 Å². The minimum absolute atomic E-state index is 0.0233. The average Bonchev–Trinajstić information content (AvgIpc) is 2.67. The van der Waals surface area contributed by atoms with Crippen LogP contribution in [0.2, 0.25) is 0 Å². The summed E-state index contributed by atoms with van der Waals surface area (Å²) in [6, 6.07) is 17.1. The molecule has 1 N–H and O–H groups in total. The molecule has 1 heterocycles. The minimum Gasteiger partial charge on any atom is -0.489 e. The maximum Gasteiger partial charge on any atom is 0.317 e. The molecule has 6 nitrogen and oxygen atoms in total. The van der Waals surface area contributed by atoms with Gasteiger partial charge in [-0.05, 0) is 29.8 Å². The molecule has 0 atom stereocenters. The number of hydrogen-bond donors (Lipinski definition) is 1. The molecule has 0 unspecified atom stereocenters. The molecule has 6 heteroatoms. The van der Waals surface area contributed by atoms with Crippen LogP contribution in [-0.4, -0.2) is 59.5 Å². The first kappa shape index (κ1) is 17.9. The predicted octanol–water partition coefficient (Wildman–Crippen LogP) is 2.11. The highest BCUT2D eigenvalue weighted by Crippen LogP contribution is 2.16. The van der Waals surface area contributed by atoms with Gasteiger partial charge in [0.15, 0.2) is 0 Å². The summed E-state index contributed by atoms with van der Waals surface area (Å²) >= 11 is 0. The van der Waals surface area contributed by atoms with Crippen LogP contribution in [0.4, 0.5) is 0 Å². The summed E-state index contributed by atoms with van der Waals surface area (Å²) in [5, 5.41) is 8.83. The summed E-state index contributed by atoms with van der Waals surface area (Å²) in [4.78, 5) is 26.9. The van der Waals surface area contributed by atoms with E-state index in [1.165, 1.54) is 0 Å². The molecule has 1 amide bonds. The largest absolute Gasteiger partial charge is 0.489 e. The second-order valence-corrected chi connectivity index (χ2v) is 6.26. The Labute approximate surface area is 152 Å². The molecule has 0 saturated carbocycles. The van der Waals surface area contributed by atoms with Crippen molar-refractivity contribution in [3.05, 3.63) is 65.7 Å². The molecule has 136 valence electrons. The lowest BCUT2D eigenvalue weighted by atomic mass is 10.1. The van der Waals surface area contributed by atoms with Gasteiger partial charge in [0.2, 0.25) is 0 Å². The van der Waals surface area contributed by atoms with E-state index >= 15 is 0 Å². The van der Waals surface area contributed by atoms with Crippen molar-refractivity contribution < 1.29 is 19.4 Å². The van der Waals surface area contributed by atoms with E-state index in [1.807, 2.05) is 35.2 Å². The number of rotatable bonds is 6. The number of piperazine rings is 1. The van der Waals surface area contributed by atoms with Crippen LogP contribution in [-0.2, 0) is 11.4 Å². The fourth-order valence-corrected chi connectivity index (χ4v) is 2.92. The van der Waals surface area contributed by atoms with Crippen molar-refractivity contribution in [1.29, 1.82) is 0 Å². The smallest absolute Gasteiger partial charge is 0.317 e. The fraction of sp³-hybridized carbons (Fsp3) is 0.300. The van der Waals surface area contributed by atoms with Crippen LogP contribution in [0.1, 0.15) is 15.9 Å². The van der Waals surface area contributed by atoms with E-state index in [0.717, 1.165) is 11.3 Å². The highest BCUT2D eigenvalue weighted by Gasteiger charge is 2.23. The Balaban J connectivity index is 1.52. The molecule has 1 aliphatic rings. The molecule has 2 aromatic carbocycles. The van der Waals surface area contributed by atoms with E-state index in [4.69, 9.17) is 9.84 Å². The van der Waals surface area contributed by atoms with Gasteiger partial charge in [-0.15, -0.1) is 0 Å². The van der Waals surface area contributed by atoms with Crippen LogP contribution in [0, 0.1) is 0 Å². The second-order valence-electron chi connectivity index (χ2n) is 6.26. The van der Waals surface area contributed by atoms with Crippen molar-refractivity contribution in [3.63, 3.8) is 0 Å². The lowest BCUT2D eigenvalue weighted by Gasteiger charge is -2.33. The number of carbonyl (C=O) groups is 2. The number of carbonyl (C=O) groups excluding carboxylic acids is 1. The van der Waals surface area contributed by atoms with Crippen molar-refractivity contribution in [2.45, 2.75) is 6.61 Å². The Morgan fingerprint density at radius 1 is 0.923 bits per heavy atom. The molecule has 0 radical (unpaired) electrons. The third kappa shape index (κ3) is 4.83. The number of carboxylic acid groups (broad SMARTS) is 1. The SMILES string of the molecule is O=C(O)CN1CCN(C(=O)c2ccc(OCc3ccccc3)cc2)CC1. The standard InChI is InChI=1S/C20H22N2O4/c23-19(24)14-21-10-12-22(13-11-21)20(25)17-6-8-18(9-7-17)26-15-16-4-2-1-3-5-16/h1-9H,10-15H2,(H,23,24). The van der Waals surface area contributed by atoms with Crippen LogP contribution < -0.4 is 4.74 Å². The number of nitrogens with zero attached hydrogens (tertiary/aromatic N) is 2. The molecule has 0 aromatic heterocycles. The Morgan fingerprint density at radius 2 is 1.58 bits per heavy atom. The van der Waals surface area contributed by atoms with E-state index in [1.54, 1.807) is 29.2 Å². The molecule has 0 aliphatic carbocycles. The van der Waals surface area contributed by atoms with Gasteiger partial charge in [-0.3, -0.25) is 14.5 Å². The first-order chi connectivity index (χ1) is 12.6. The van der Waals surface area contributed by atoms with Gasteiger partial charge in [-0.25, -0.2) is 0 Å². The van der Waals surface area contributed by atoms with Gasteiger partial charge in [0, 0.05) is 31.7 Å². The zero-order chi connectivity index (χ0) is 18.4. The van der Waals surface area contributed by atoms with Crippen LogP contribution in [0.5, 0.6) is 5.75 Å². The van der Waals surface area contributed by atoms with Gasteiger partial charge in [-0.1, -0.05) is 30.3 Å². The highest BCUT2D eigenvalue weighted by molar-refractivity contribution is 5.94. The molecule has 3 rings (SSSR count). The number of carboxylic acids is 1. The van der Waals surface area contributed by atoms with Crippen molar-refractivity contribution >= 4 is 11.9 Å². The molecule has 2 aromatic rings. The lowest BCUT2D eigenvalue weighted by molar-refractivity contribution is -0.138. The Hall–Kier alpha value is -2.86. The van der Waals surface area contributed by atoms with E-state index in [9.17, 15) is 9.59 Å². The van der Waals surface area contributed by atoms with Crippen LogP contribution in [0.15, 0.2) is 54.6 Å². The number of hydrogen-bond acceptors (Lipinski definition) is 4. The van der Waals surface area contributed by atoms with Gasteiger partial charge >= 0.3 is 5.97 Å². The van der Waals surface area contributed by atoms with Gasteiger partial charge < -0.3 is 14.7 Å². The molecular formula is C20H22N2O4. The molecule has 1 aliphatic heterocycles. The molecule has 26 heavy (non-hydrogen) atoms. The maximum absolute atomic E-state index is 12.6. The molecule has 1 fully saturated rings. The van der Waals surface area contributed by atoms with E-state index in [0.29, 0.717) is 38.3 Å². The summed E-state index contributed by atoms with van der Waals surface area (Å²) < 4.78 is 5.74. The molecule has 0 bridgehead atoms. The van der Waals surface area contributed by atoms with Crippen molar-refractivity contribution in [1.82, 2.24) is 9.80 Å². The number of benzene rings is 2. The van der Waals surface area contributed by atoms with Crippen LogP contribution in [0.3, 0.4) is 0 Å². The Kier molecular flexibility index (Phi) is 5.86. The third-order valence-corrected chi connectivity index (χ3v) is 4.37. The highest BCUT2D eigenvalue weighted by atomic mass is 16.5. The Bertz CT molecular complexity index is 738. The van der Waals surface area contributed by atoms with E-state index in [-0.39, 0.29) is 12.5 Å². The zero-order valence-corrected chi connectivity index (χ0v) is 14.5. The number of amides is 1. The summed E-state index contributed by atoms with van der Waals surface area (Å²) in [6.45, 7) is 2.75. The summed E-state index contributed by atoms with van der Waals surface area (Å²) in [5.74, 6) is -0.151. The number of ether oxygens (including phenoxy) is 1. The van der Waals surface area contributed by atoms with Gasteiger partial charge in [-0.2, -0.15) is 0 Å². The summed E-state index contributed by atoms with van der Waals surface area (Å²) in [7, 11) is 0. The minimum atomic E-state index is -0.837. The summed E-state index contributed by atoms with van der Waals surface area (Å²) in [6.07, 6.45) is 0. The maximum atomic E-state index is 12.6. The topological polar surface area (TPSA) is 70.1 Å². The predicted molar refractivity (Wildman–Crippen MR) is 97.2 cm³/mol. The molecule has 1 saturated heterocycles. The van der Waals surface area contributed by atoms with Gasteiger partial charge in [0.05, 0.1) is 6.54 Å². The van der Waals surface area contributed by atoms with E-state index in [2.05, 4.69) is 0 Å². The van der Waals surface area contributed by atoms with Crippen molar-refractivity contribution in [2.75, 3.05) is 32.7 Å². The zero-order valence-electron chi connectivity index (χ0n) is 14.5. The summed E-state index contributed by atoms with van der Waals surface area (Å²) in [5.41, 5.74) is 1.70. The fourth-order valence-electron chi connectivity index (χ4n) is 2.92. The Morgan fingerprint density at radius 3 is 2.19 bits per heavy atom. The van der Waals surface area contributed by atoms with Crippen LogP contribution >= 0.6 is 0 Å². The van der Waals surface area contributed by atoms with Crippen LogP contribution in [0.25, 0.3) is 0 Å². The van der Waals surface area contributed by atoms with Crippen molar-refractivity contribution in [2.24, 2.45) is 0 Å². The third-order valence-electron chi connectivity index (χ3n) is 4.37. The first-order valence-corrected chi connectivity index (χ1v) is 8.62. The monoisotopic (exact) mass is 354 g/mol. The lowest BCUT2D eigenvalue weighted by Crippen LogP contribution is -2.49. The first-order valence-electron chi connectivity index (χ1n) is 8.62. The number of aliphatic carboxylic acids is 1. The normalized spacial score (nSPS) is 14.8.